The van der Waals surface area contributed by atoms with E-state index in [2.05, 4.69) is 15.5 Å². The minimum absolute atomic E-state index is 0.00286. The molecule has 0 unspecified atom stereocenters. The van der Waals surface area contributed by atoms with Gasteiger partial charge in [0.2, 0.25) is 11.8 Å². The fraction of sp³-hybridized carbons (Fsp3) is 0.357. The second kappa shape index (κ2) is 7.12. The number of carbonyl (C=O) groups excluding carboxylic acids is 1. The molecule has 1 aliphatic rings. The van der Waals surface area contributed by atoms with Crippen LogP contribution in [0.2, 0.25) is 5.02 Å². The van der Waals surface area contributed by atoms with Gasteiger partial charge in [-0.15, -0.1) is 10.2 Å². The molecule has 0 radical (unpaired) electrons. The number of halogens is 1. The molecule has 2 heterocycles. The number of nitrogens with zero attached hydrogens (tertiary/aromatic N) is 2. The van der Waals surface area contributed by atoms with Gasteiger partial charge in [0.15, 0.2) is 9.84 Å². The molecule has 128 valence electrons. The minimum atomic E-state index is -3.01. The van der Waals surface area contributed by atoms with Crippen molar-refractivity contribution in [3.05, 3.63) is 29.3 Å². The summed E-state index contributed by atoms with van der Waals surface area (Å²) in [4.78, 5) is 11.9. The van der Waals surface area contributed by atoms with Gasteiger partial charge in [0.25, 0.3) is 5.22 Å². The SMILES string of the molecule is O=C(CSc1nnc(-c2cccc(Cl)c2)o1)N[C@@H]1CCS(=O)(=O)C1. The molecule has 1 aromatic carbocycles. The third-order valence-electron chi connectivity index (χ3n) is 3.40. The monoisotopic (exact) mass is 387 g/mol. The Morgan fingerprint density at radius 3 is 2.96 bits per heavy atom. The van der Waals surface area contributed by atoms with Crippen molar-refractivity contribution < 1.29 is 17.6 Å². The first-order valence-corrected chi connectivity index (χ1v) is 10.3. The van der Waals surface area contributed by atoms with E-state index in [4.69, 9.17) is 16.0 Å². The average molecular weight is 388 g/mol. The number of nitrogens with one attached hydrogen (secondary N) is 1. The van der Waals surface area contributed by atoms with Crippen LogP contribution in [0, 0.1) is 0 Å². The molecule has 3 rings (SSSR count). The number of hydrogen-bond donors (Lipinski definition) is 1. The third-order valence-corrected chi connectivity index (χ3v) is 6.22. The Morgan fingerprint density at radius 2 is 2.25 bits per heavy atom. The van der Waals surface area contributed by atoms with Gasteiger partial charge in [-0.1, -0.05) is 29.4 Å². The van der Waals surface area contributed by atoms with E-state index in [0.29, 0.717) is 22.9 Å². The third kappa shape index (κ3) is 4.49. The lowest BCUT2D eigenvalue weighted by atomic mass is 10.2. The highest BCUT2D eigenvalue weighted by Crippen LogP contribution is 2.25. The fourth-order valence-electron chi connectivity index (χ4n) is 2.31. The number of amides is 1. The van der Waals surface area contributed by atoms with Crippen molar-refractivity contribution in [1.82, 2.24) is 15.5 Å². The minimum Gasteiger partial charge on any atom is -0.411 e. The van der Waals surface area contributed by atoms with E-state index in [0.717, 1.165) is 11.8 Å². The number of sulfone groups is 1. The van der Waals surface area contributed by atoms with Gasteiger partial charge < -0.3 is 9.73 Å². The van der Waals surface area contributed by atoms with E-state index < -0.39 is 9.84 Å². The van der Waals surface area contributed by atoms with Crippen LogP contribution in [0.15, 0.2) is 33.9 Å². The maximum absolute atomic E-state index is 11.9. The lowest BCUT2D eigenvalue weighted by molar-refractivity contribution is -0.119. The van der Waals surface area contributed by atoms with E-state index in [1.165, 1.54) is 0 Å². The lowest BCUT2D eigenvalue weighted by Crippen LogP contribution is -2.36. The molecule has 24 heavy (non-hydrogen) atoms. The zero-order chi connectivity index (χ0) is 17.2. The summed E-state index contributed by atoms with van der Waals surface area (Å²) in [6.07, 6.45) is 0.457. The van der Waals surface area contributed by atoms with Crippen LogP contribution >= 0.6 is 23.4 Å². The highest BCUT2D eigenvalue weighted by atomic mass is 35.5. The van der Waals surface area contributed by atoms with Crippen LogP contribution in [0.25, 0.3) is 11.5 Å². The summed E-state index contributed by atoms with van der Waals surface area (Å²) in [5, 5.41) is 11.3. The second-order valence-corrected chi connectivity index (χ2v) is 8.93. The number of aromatic nitrogens is 2. The normalized spacial score (nSPS) is 19.3. The summed E-state index contributed by atoms with van der Waals surface area (Å²) in [6, 6.07) is 6.70. The van der Waals surface area contributed by atoms with Crippen LogP contribution in [0.5, 0.6) is 0 Å². The van der Waals surface area contributed by atoms with Crippen LogP contribution in [0.4, 0.5) is 0 Å². The Kier molecular flexibility index (Phi) is 5.12. The highest BCUT2D eigenvalue weighted by molar-refractivity contribution is 7.99. The van der Waals surface area contributed by atoms with Gasteiger partial charge >= 0.3 is 0 Å². The molecule has 2 aromatic rings. The lowest BCUT2D eigenvalue weighted by Gasteiger charge is -2.09. The van der Waals surface area contributed by atoms with Crippen molar-refractivity contribution in [3.8, 4) is 11.5 Å². The molecule has 0 bridgehead atoms. The molecule has 1 N–H and O–H groups in total. The predicted molar refractivity (Wildman–Crippen MR) is 90.7 cm³/mol. The van der Waals surface area contributed by atoms with Crippen molar-refractivity contribution in [2.45, 2.75) is 17.7 Å². The molecule has 1 atom stereocenters. The molecule has 1 fully saturated rings. The molecule has 1 saturated heterocycles. The van der Waals surface area contributed by atoms with Gasteiger partial charge in [-0.2, -0.15) is 0 Å². The van der Waals surface area contributed by atoms with Gasteiger partial charge in [-0.05, 0) is 24.6 Å². The molecular formula is C14H14ClN3O4S2. The summed E-state index contributed by atoms with van der Waals surface area (Å²) in [7, 11) is -3.01. The summed E-state index contributed by atoms with van der Waals surface area (Å²) in [6.45, 7) is 0. The van der Waals surface area contributed by atoms with Crippen LogP contribution in [-0.2, 0) is 14.6 Å². The summed E-state index contributed by atoms with van der Waals surface area (Å²) >= 11 is 7.01. The Morgan fingerprint density at radius 1 is 1.42 bits per heavy atom. The zero-order valence-electron chi connectivity index (χ0n) is 12.4. The van der Waals surface area contributed by atoms with Crippen LogP contribution in [-0.4, -0.2) is 47.8 Å². The van der Waals surface area contributed by atoms with Crippen LogP contribution < -0.4 is 5.32 Å². The number of hydrogen-bond acceptors (Lipinski definition) is 7. The van der Waals surface area contributed by atoms with E-state index in [9.17, 15) is 13.2 Å². The Labute approximate surface area is 148 Å². The Balaban J connectivity index is 1.53. The zero-order valence-corrected chi connectivity index (χ0v) is 14.8. The molecule has 0 saturated carbocycles. The Hall–Kier alpha value is -1.58. The first kappa shape index (κ1) is 17.2. The molecule has 7 nitrogen and oxygen atoms in total. The standard InChI is InChI=1S/C14H14ClN3O4S2/c15-10-3-1-2-9(6-10)13-17-18-14(22-13)23-7-12(19)16-11-4-5-24(20,21)8-11/h1-3,6,11H,4-5,7-8H2,(H,16,19)/t11-/m1/s1. The van der Waals surface area contributed by atoms with Crippen molar-refractivity contribution in [3.63, 3.8) is 0 Å². The molecule has 1 aliphatic heterocycles. The first-order chi connectivity index (χ1) is 11.4. The summed E-state index contributed by atoms with van der Waals surface area (Å²) in [5.41, 5.74) is 0.697. The van der Waals surface area contributed by atoms with Crippen LogP contribution in [0.1, 0.15) is 6.42 Å². The average Bonchev–Trinajstić information content (AvgIpc) is 3.12. The smallest absolute Gasteiger partial charge is 0.277 e. The fourth-order valence-corrected chi connectivity index (χ4v) is 4.75. The predicted octanol–water partition coefficient (Wildman–Crippen LogP) is 1.79. The van der Waals surface area contributed by atoms with Crippen molar-refractivity contribution in [2.24, 2.45) is 0 Å². The maximum atomic E-state index is 11.9. The van der Waals surface area contributed by atoms with Crippen molar-refractivity contribution >= 4 is 39.1 Å². The van der Waals surface area contributed by atoms with E-state index >= 15 is 0 Å². The number of benzene rings is 1. The molecule has 1 amide bonds. The molecule has 0 aliphatic carbocycles. The van der Waals surface area contributed by atoms with Crippen LogP contribution in [0.3, 0.4) is 0 Å². The van der Waals surface area contributed by atoms with Crippen molar-refractivity contribution in [1.29, 1.82) is 0 Å². The van der Waals surface area contributed by atoms with Gasteiger partial charge in [0.05, 0.1) is 17.3 Å². The Bertz CT molecular complexity index is 853. The number of thioether (sulfide) groups is 1. The van der Waals surface area contributed by atoms with E-state index in [-0.39, 0.29) is 34.4 Å². The molecule has 10 heteroatoms. The number of rotatable bonds is 5. The van der Waals surface area contributed by atoms with Crippen molar-refractivity contribution in [2.75, 3.05) is 17.3 Å². The number of carbonyl (C=O) groups is 1. The summed E-state index contributed by atoms with van der Waals surface area (Å²) < 4.78 is 28.2. The molecule has 1 aromatic heterocycles. The van der Waals surface area contributed by atoms with Gasteiger partial charge in [-0.25, -0.2) is 8.42 Å². The van der Waals surface area contributed by atoms with E-state index in [1.54, 1.807) is 24.3 Å². The maximum Gasteiger partial charge on any atom is 0.277 e. The molecule has 0 spiro atoms. The first-order valence-electron chi connectivity index (χ1n) is 7.13. The quantitative estimate of drug-likeness (QED) is 0.780. The molecular weight excluding hydrogens is 374 g/mol. The second-order valence-electron chi connectivity index (χ2n) is 5.34. The van der Waals surface area contributed by atoms with Gasteiger partial charge in [0, 0.05) is 16.6 Å². The van der Waals surface area contributed by atoms with Gasteiger partial charge in [0.1, 0.15) is 0 Å². The highest BCUT2D eigenvalue weighted by Gasteiger charge is 2.28. The topological polar surface area (TPSA) is 102 Å². The van der Waals surface area contributed by atoms with E-state index in [1.807, 2.05) is 0 Å². The largest absolute Gasteiger partial charge is 0.411 e. The van der Waals surface area contributed by atoms with Gasteiger partial charge in [-0.3, -0.25) is 4.79 Å². The summed E-state index contributed by atoms with van der Waals surface area (Å²) in [5.74, 6) is 0.265.